The number of nitro groups is 1. The van der Waals surface area contributed by atoms with Crippen molar-refractivity contribution in [2.45, 2.75) is 18.4 Å². The van der Waals surface area contributed by atoms with Gasteiger partial charge >= 0.3 is 0 Å². The first-order valence-corrected chi connectivity index (χ1v) is 9.55. The third-order valence-electron chi connectivity index (χ3n) is 6.10. The lowest BCUT2D eigenvalue weighted by Crippen LogP contribution is -2.30. The molecule has 0 bridgehead atoms. The zero-order valence-electron chi connectivity index (χ0n) is 15.8. The van der Waals surface area contributed by atoms with Gasteiger partial charge in [0.05, 0.1) is 29.3 Å². The molecule has 0 aromatic heterocycles. The van der Waals surface area contributed by atoms with Crippen LogP contribution in [-0.2, 0) is 0 Å². The predicted octanol–water partition coefficient (Wildman–Crippen LogP) is 5.72. The molecular formula is C23H19FN2O3. The summed E-state index contributed by atoms with van der Waals surface area (Å²) in [7, 11) is 1.63. The molecule has 0 saturated carbocycles. The Morgan fingerprint density at radius 1 is 1.14 bits per heavy atom. The Hall–Kier alpha value is -3.41. The van der Waals surface area contributed by atoms with Gasteiger partial charge in [-0.2, -0.15) is 0 Å². The Bertz CT molecular complexity index is 1170. The van der Waals surface area contributed by atoms with E-state index >= 15 is 0 Å². The third-order valence-corrected chi connectivity index (χ3v) is 6.10. The van der Waals surface area contributed by atoms with E-state index in [0.717, 1.165) is 28.5 Å². The maximum Gasteiger partial charge on any atom is 0.275 e. The van der Waals surface area contributed by atoms with Gasteiger partial charge < -0.3 is 10.1 Å². The smallest absolute Gasteiger partial charge is 0.275 e. The molecule has 0 spiro atoms. The molecule has 1 heterocycles. The number of nitrogens with one attached hydrogen (secondary N) is 1. The number of hydrogen-bond donors (Lipinski definition) is 1. The van der Waals surface area contributed by atoms with Gasteiger partial charge in [0.1, 0.15) is 11.6 Å². The van der Waals surface area contributed by atoms with Crippen LogP contribution in [0.4, 0.5) is 15.8 Å². The number of nitrogens with zero attached hydrogens (tertiary/aromatic N) is 1. The molecule has 0 radical (unpaired) electrons. The van der Waals surface area contributed by atoms with Crippen molar-refractivity contribution in [1.82, 2.24) is 0 Å². The van der Waals surface area contributed by atoms with Crippen LogP contribution in [0.1, 0.15) is 29.5 Å². The molecule has 0 amide bonds. The van der Waals surface area contributed by atoms with Crippen LogP contribution in [0.2, 0.25) is 0 Å². The zero-order valence-corrected chi connectivity index (χ0v) is 15.8. The second-order valence-corrected chi connectivity index (χ2v) is 7.49. The predicted molar refractivity (Wildman–Crippen MR) is 110 cm³/mol. The van der Waals surface area contributed by atoms with Crippen LogP contribution in [0, 0.1) is 21.8 Å². The number of benzene rings is 3. The van der Waals surface area contributed by atoms with Crippen LogP contribution in [-0.4, -0.2) is 12.0 Å². The molecule has 3 aromatic rings. The highest BCUT2D eigenvalue weighted by Crippen LogP contribution is 2.55. The van der Waals surface area contributed by atoms with Crippen molar-refractivity contribution < 1.29 is 14.1 Å². The molecule has 146 valence electrons. The summed E-state index contributed by atoms with van der Waals surface area (Å²) in [4.78, 5) is 11.2. The maximum absolute atomic E-state index is 14.8. The minimum atomic E-state index is -0.478. The number of hydrogen-bond acceptors (Lipinski definition) is 4. The lowest BCUT2D eigenvalue weighted by Gasteiger charge is -2.38. The van der Waals surface area contributed by atoms with Gasteiger partial charge in [-0.1, -0.05) is 42.5 Å². The number of anilines is 1. The minimum absolute atomic E-state index is 0.0303. The summed E-state index contributed by atoms with van der Waals surface area (Å²) in [6.07, 6.45) is 4.76. The number of nitro benzene ring substituents is 1. The lowest BCUT2D eigenvalue weighted by molar-refractivity contribution is -0.385. The van der Waals surface area contributed by atoms with Gasteiger partial charge in [-0.25, -0.2) is 4.39 Å². The number of rotatable bonds is 3. The van der Waals surface area contributed by atoms with Crippen LogP contribution in [0.25, 0.3) is 10.8 Å². The molecule has 29 heavy (non-hydrogen) atoms. The van der Waals surface area contributed by atoms with Gasteiger partial charge in [-0.3, -0.25) is 10.1 Å². The van der Waals surface area contributed by atoms with E-state index in [0.29, 0.717) is 5.56 Å². The van der Waals surface area contributed by atoms with Crippen LogP contribution in [0.3, 0.4) is 0 Å². The first-order valence-electron chi connectivity index (χ1n) is 9.55. The minimum Gasteiger partial charge on any atom is -0.496 e. The van der Waals surface area contributed by atoms with Crippen molar-refractivity contribution >= 4 is 22.1 Å². The number of allylic oxidation sites excluding steroid dienone is 2. The first-order chi connectivity index (χ1) is 14.1. The van der Waals surface area contributed by atoms with Crippen LogP contribution >= 0.6 is 0 Å². The highest BCUT2D eigenvalue weighted by molar-refractivity contribution is 5.89. The molecular weight excluding hydrogens is 371 g/mol. The number of halogens is 1. The first kappa shape index (κ1) is 17.7. The summed E-state index contributed by atoms with van der Waals surface area (Å²) in [5, 5.41) is 17.0. The fourth-order valence-electron chi connectivity index (χ4n) is 4.87. The quantitative estimate of drug-likeness (QED) is 0.353. The monoisotopic (exact) mass is 390 g/mol. The molecule has 1 aliphatic heterocycles. The number of fused-ring (bicyclic) bond motifs is 4. The molecule has 5 nitrogen and oxygen atoms in total. The Morgan fingerprint density at radius 3 is 2.76 bits per heavy atom. The third kappa shape index (κ3) is 2.59. The van der Waals surface area contributed by atoms with E-state index in [1.54, 1.807) is 7.11 Å². The molecule has 1 N–H and O–H groups in total. The van der Waals surface area contributed by atoms with Crippen molar-refractivity contribution in [3.8, 4) is 5.75 Å². The molecule has 3 aromatic carbocycles. The largest absolute Gasteiger partial charge is 0.496 e. The van der Waals surface area contributed by atoms with Gasteiger partial charge in [0.2, 0.25) is 0 Å². The fourth-order valence-corrected chi connectivity index (χ4v) is 4.87. The van der Waals surface area contributed by atoms with Gasteiger partial charge in [0.25, 0.3) is 5.69 Å². The average Bonchev–Trinajstić information content (AvgIpc) is 3.22. The van der Waals surface area contributed by atoms with Gasteiger partial charge in [-0.05, 0) is 35.2 Å². The van der Waals surface area contributed by atoms with E-state index in [2.05, 4.69) is 5.32 Å². The molecule has 1 aliphatic carbocycles. The van der Waals surface area contributed by atoms with Crippen molar-refractivity contribution in [2.75, 3.05) is 12.4 Å². The topological polar surface area (TPSA) is 64.4 Å². The van der Waals surface area contributed by atoms with E-state index in [9.17, 15) is 14.5 Å². The van der Waals surface area contributed by atoms with Crippen LogP contribution in [0.15, 0.2) is 60.7 Å². The standard InChI is InChI=1S/C23H19FN2O3/c1-29-19-12-9-13-5-2-3-6-14(13)21(19)22-16-8-4-7-15(16)20-18(26(27)28)11-10-17(24)23(20)25-22/h2-7,9-12,15-16,22,25H,8H2,1H3. The summed E-state index contributed by atoms with van der Waals surface area (Å²) >= 11 is 0. The normalized spacial score (nSPS) is 22.1. The van der Waals surface area contributed by atoms with Crippen molar-refractivity contribution in [3.05, 3.63) is 87.7 Å². The van der Waals surface area contributed by atoms with Crippen molar-refractivity contribution in [3.63, 3.8) is 0 Å². The van der Waals surface area contributed by atoms with Gasteiger partial charge in [0.15, 0.2) is 0 Å². The highest BCUT2D eigenvalue weighted by atomic mass is 19.1. The summed E-state index contributed by atoms with van der Waals surface area (Å²) in [6.45, 7) is 0. The summed E-state index contributed by atoms with van der Waals surface area (Å²) < 4.78 is 20.5. The second-order valence-electron chi connectivity index (χ2n) is 7.49. The van der Waals surface area contributed by atoms with Gasteiger partial charge in [-0.15, -0.1) is 0 Å². The van der Waals surface area contributed by atoms with Crippen molar-refractivity contribution in [2.24, 2.45) is 5.92 Å². The van der Waals surface area contributed by atoms with E-state index in [4.69, 9.17) is 4.74 Å². The van der Waals surface area contributed by atoms with Crippen LogP contribution in [0.5, 0.6) is 5.75 Å². The van der Waals surface area contributed by atoms with E-state index < -0.39 is 10.7 Å². The van der Waals surface area contributed by atoms with Crippen molar-refractivity contribution in [1.29, 1.82) is 0 Å². The molecule has 6 heteroatoms. The molecule has 0 fully saturated rings. The Morgan fingerprint density at radius 2 is 1.97 bits per heavy atom. The molecule has 2 aliphatic rings. The summed E-state index contributed by atoms with van der Waals surface area (Å²) in [5.41, 5.74) is 1.57. The lowest BCUT2D eigenvalue weighted by atomic mass is 9.75. The molecule has 0 saturated heterocycles. The second kappa shape index (κ2) is 6.58. The Balaban J connectivity index is 1.76. The molecule has 3 unspecified atom stereocenters. The van der Waals surface area contributed by atoms with Gasteiger partial charge in [0, 0.05) is 17.5 Å². The van der Waals surface area contributed by atoms with Crippen LogP contribution < -0.4 is 10.1 Å². The number of ether oxygens (including phenoxy) is 1. The summed E-state index contributed by atoms with van der Waals surface area (Å²) in [5.74, 6) is 0.0495. The maximum atomic E-state index is 14.8. The average molecular weight is 390 g/mol. The Kier molecular flexibility index (Phi) is 4.01. The summed E-state index contributed by atoms with van der Waals surface area (Å²) in [6, 6.07) is 14.1. The highest BCUT2D eigenvalue weighted by Gasteiger charge is 2.44. The zero-order chi connectivity index (χ0) is 20.1. The molecule has 5 rings (SSSR count). The fraction of sp³-hybridized carbons (Fsp3) is 0.217. The Labute approximate surface area is 167 Å². The van der Waals surface area contributed by atoms with E-state index in [1.807, 2.05) is 48.6 Å². The van der Waals surface area contributed by atoms with E-state index in [-0.39, 0.29) is 29.3 Å². The molecule has 3 atom stereocenters. The number of methoxy groups -OCH3 is 1. The SMILES string of the molecule is COc1ccc2ccccc2c1C1Nc2c(F)ccc([N+](=O)[O-])c2C2C=CCC21. The van der Waals surface area contributed by atoms with E-state index in [1.165, 1.54) is 12.1 Å².